The normalized spacial score (nSPS) is 13.4. The first-order chi connectivity index (χ1) is 13.0. The Bertz CT molecular complexity index is 653. The Kier molecular flexibility index (Phi) is 8.96. The van der Waals surface area contributed by atoms with Gasteiger partial charge in [-0.3, -0.25) is 4.79 Å². The van der Waals surface area contributed by atoms with Crippen LogP contribution in [0.1, 0.15) is 53.5 Å². The van der Waals surface area contributed by atoms with Crippen LogP contribution in [0.25, 0.3) is 0 Å². The van der Waals surface area contributed by atoms with E-state index in [0.717, 1.165) is 5.56 Å². The van der Waals surface area contributed by atoms with E-state index < -0.39 is 35.7 Å². The second-order valence-corrected chi connectivity index (χ2v) is 8.15. The van der Waals surface area contributed by atoms with Gasteiger partial charge in [-0.25, -0.2) is 9.59 Å². The van der Waals surface area contributed by atoms with Crippen molar-refractivity contribution in [3.63, 3.8) is 0 Å². The molecule has 2 amide bonds. The van der Waals surface area contributed by atoms with Gasteiger partial charge in [0.25, 0.3) is 0 Å². The SMILES string of the molecule is CC(C)CC(NC(=O)C(C)NC(=O)OC(C)(C)C)C(=O)OCc1ccccc1. The molecule has 0 aliphatic heterocycles. The van der Waals surface area contributed by atoms with E-state index in [-0.39, 0.29) is 12.5 Å². The fraction of sp³-hybridized carbons (Fsp3) is 0.571. The molecule has 0 saturated heterocycles. The van der Waals surface area contributed by atoms with Gasteiger partial charge in [-0.15, -0.1) is 0 Å². The molecule has 2 unspecified atom stereocenters. The summed E-state index contributed by atoms with van der Waals surface area (Å²) >= 11 is 0. The van der Waals surface area contributed by atoms with Gasteiger partial charge < -0.3 is 20.1 Å². The average Bonchev–Trinajstić information content (AvgIpc) is 2.57. The van der Waals surface area contributed by atoms with Crippen LogP contribution in [0.15, 0.2) is 30.3 Å². The van der Waals surface area contributed by atoms with Crippen LogP contribution in [-0.4, -0.2) is 35.7 Å². The smallest absolute Gasteiger partial charge is 0.408 e. The molecule has 0 saturated carbocycles. The van der Waals surface area contributed by atoms with Crippen molar-refractivity contribution in [1.29, 1.82) is 0 Å². The van der Waals surface area contributed by atoms with Crippen molar-refractivity contribution in [2.24, 2.45) is 5.92 Å². The van der Waals surface area contributed by atoms with Crippen molar-refractivity contribution in [2.75, 3.05) is 0 Å². The molecule has 2 atom stereocenters. The summed E-state index contributed by atoms with van der Waals surface area (Å²) in [5.41, 5.74) is 0.201. The van der Waals surface area contributed by atoms with Crippen LogP contribution < -0.4 is 10.6 Å². The maximum Gasteiger partial charge on any atom is 0.408 e. The second-order valence-electron chi connectivity index (χ2n) is 8.15. The zero-order valence-corrected chi connectivity index (χ0v) is 17.6. The first-order valence-corrected chi connectivity index (χ1v) is 9.48. The number of alkyl carbamates (subject to hydrolysis) is 1. The molecule has 0 radical (unpaired) electrons. The number of hydrogen-bond acceptors (Lipinski definition) is 5. The predicted molar refractivity (Wildman–Crippen MR) is 106 cm³/mol. The van der Waals surface area contributed by atoms with Crippen LogP contribution in [0, 0.1) is 5.92 Å². The van der Waals surface area contributed by atoms with Crippen molar-refractivity contribution in [3.8, 4) is 0 Å². The van der Waals surface area contributed by atoms with Crippen LogP contribution in [0.3, 0.4) is 0 Å². The second kappa shape index (κ2) is 10.7. The molecule has 7 nitrogen and oxygen atoms in total. The van der Waals surface area contributed by atoms with E-state index in [4.69, 9.17) is 9.47 Å². The molecular weight excluding hydrogens is 360 g/mol. The predicted octanol–water partition coefficient (Wildman–Crippen LogP) is 3.17. The molecule has 2 N–H and O–H groups in total. The zero-order valence-electron chi connectivity index (χ0n) is 17.6. The van der Waals surface area contributed by atoms with Gasteiger partial charge in [-0.05, 0) is 45.6 Å². The Labute approximate surface area is 167 Å². The number of nitrogens with one attached hydrogen (secondary N) is 2. The van der Waals surface area contributed by atoms with Crippen molar-refractivity contribution in [3.05, 3.63) is 35.9 Å². The lowest BCUT2D eigenvalue weighted by Crippen LogP contribution is -2.51. The number of benzene rings is 1. The minimum absolute atomic E-state index is 0.135. The molecule has 7 heteroatoms. The van der Waals surface area contributed by atoms with Gasteiger partial charge in [0.1, 0.15) is 24.3 Å². The first-order valence-electron chi connectivity index (χ1n) is 9.48. The van der Waals surface area contributed by atoms with Crippen LogP contribution in [0.4, 0.5) is 4.79 Å². The molecule has 0 heterocycles. The fourth-order valence-corrected chi connectivity index (χ4v) is 2.36. The number of carbonyl (C=O) groups excluding carboxylic acids is 3. The molecule has 0 aliphatic carbocycles. The number of ether oxygens (including phenoxy) is 2. The Hall–Kier alpha value is -2.57. The quantitative estimate of drug-likeness (QED) is 0.663. The van der Waals surface area contributed by atoms with Gasteiger partial charge in [0.05, 0.1) is 0 Å². The topological polar surface area (TPSA) is 93.7 Å². The molecular formula is C21H32N2O5. The maximum atomic E-state index is 12.5. The zero-order chi connectivity index (χ0) is 21.3. The summed E-state index contributed by atoms with van der Waals surface area (Å²) in [6, 6.07) is 7.67. The van der Waals surface area contributed by atoms with E-state index in [0.29, 0.717) is 6.42 Å². The average molecular weight is 392 g/mol. The summed E-state index contributed by atoms with van der Waals surface area (Å²) in [6.07, 6.45) is -0.263. The lowest BCUT2D eigenvalue weighted by atomic mass is 10.0. The lowest BCUT2D eigenvalue weighted by molar-refractivity contribution is -0.149. The monoisotopic (exact) mass is 392 g/mol. The third kappa shape index (κ3) is 9.39. The fourth-order valence-electron chi connectivity index (χ4n) is 2.36. The van der Waals surface area contributed by atoms with Crippen LogP contribution in [-0.2, 0) is 25.7 Å². The largest absolute Gasteiger partial charge is 0.459 e. The third-order valence-corrected chi connectivity index (χ3v) is 3.66. The van der Waals surface area contributed by atoms with E-state index in [1.165, 1.54) is 6.92 Å². The van der Waals surface area contributed by atoms with Gasteiger partial charge in [0, 0.05) is 0 Å². The molecule has 0 bridgehead atoms. The van der Waals surface area contributed by atoms with E-state index in [1.54, 1.807) is 20.8 Å². The maximum absolute atomic E-state index is 12.5. The van der Waals surface area contributed by atoms with E-state index in [1.807, 2.05) is 44.2 Å². The highest BCUT2D eigenvalue weighted by atomic mass is 16.6. The summed E-state index contributed by atoms with van der Waals surface area (Å²) in [6.45, 7) is 10.8. The Morgan fingerprint density at radius 1 is 1.00 bits per heavy atom. The molecule has 0 spiro atoms. The van der Waals surface area contributed by atoms with Crippen molar-refractivity contribution in [1.82, 2.24) is 10.6 Å². The summed E-state index contributed by atoms with van der Waals surface area (Å²) in [5.74, 6) is -0.813. The molecule has 0 fully saturated rings. The molecule has 0 aliphatic rings. The summed E-state index contributed by atoms with van der Waals surface area (Å²) in [7, 11) is 0. The number of carbonyl (C=O) groups is 3. The molecule has 1 aromatic rings. The lowest BCUT2D eigenvalue weighted by Gasteiger charge is -2.24. The van der Waals surface area contributed by atoms with Gasteiger partial charge in [-0.2, -0.15) is 0 Å². The van der Waals surface area contributed by atoms with Gasteiger partial charge in [-0.1, -0.05) is 44.2 Å². The Balaban J connectivity index is 2.64. The first kappa shape index (κ1) is 23.5. The number of rotatable bonds is 8. The summed E-state index contributed by atoms with van der Waals surface area (Å²) in [4.78, 5) is 36.7. The van der Waals surface area contributed by atoms with Crippen LogP contribution >= 0.6 is 0 Å². The van der Waals surface area contributed by atoms with Gasteiger partial charge >= 0.3 is 12.1 Å². The minimum Gasteiger partial charge on any atom is -0.459 e. The number of esters is 1. The third-order valence-electron chi connectivity index (χ3n) is 3.66. The highest BCUT2D eigenvalue weighted by Crippen LogP contribution is 2.10. The molecule has 1 aromatic carbocycles. The molecule has 28 heavy (non-hydrogen) atoms. The summed E-state index contributed by atoms with van der Waals surface area (Å²) < 4.78 is 10.5. The van der Waals surface area contributed by atoms with Crippen molar-refractivity contribution in [2.45, 2.75) is 72.3 Å². The number of hydrogen-bond donors (Lipinski definition) is 2. The molecule has 1 rings (SSSR count). The molecule has 0 aromatic heterocycles. The van der Waals surface area contributed by atoms with Gasteiger partial charge in [0.2, 0.25) is 5.91 Å². The van der Waals surface area contributed by atoms with Crippen molar-refractivity contribution < 1.29 is 23.9 Å². The highest BCUT2D eigenvalue weighted by Gasteiger charge is 2.27. The van der Waals surface area contributed by atoms with E-state index in [9.17, 15) is 14.4 Å². The highest BCUT2D eigenvalue weighted by molar-refractivity contribution is 5.89. The summed E-state index contributed by atoms with van der Waals surface area (Å²) in [5, 5.41) is 5.13. The Morgan fingerprint density at radius 2 is 1.61 bits per heavy atom. The van der Waals surface area contributed by atoms with E-state index >= 15 is 0 Å². The van der Waals surface area contributed by atoms with Gasteiger partial charge in [0.15, 0.2) is 0 Å². The van der Waals surface area contributed by atoms with Crippen LogP contribution in [0.2, 0.25) is 0 Å². The van der Waals surface area contributed by atoms with E-state index in [2.05, 4.69) is 10.6 Å². The van der Waals surface area contributed by atoms with Crippen LogP contribution in [0.5, 0.6) is 0 Å². The minimum atomic E-state index is -0.855. The number of amides is 2. The Morgan fingerprint density at radius 3 is 2.14 bits per heavy atom. The molecule has 156 valence electrons. The standard InChI is InChI=1S/C21H32N2O5/c1-14(2)12-17(19(25)27-13-16-10-8-7-9-11-16)23-18(24)15(3)22-20(26)28-21(4,5)6/h7-11,14-15,17H,12-13H2,1-6H3,(H,22,26)(H,23,24). The van der Waals surface area contributed by atoms with Crippen molar-refractivity contribution >= 4 is 18.0 Å².